The zero-order chi connectivity index (χ0) is 24.1. The summed E-state index contributed by atoms with van der Waals surface area (Å²) in [5.41, 5.74) is 1.76. The van der Waals surface area contributed by atoms with Crippen LogP contribution in [0.3, 0.4) is 0 Å². The summed E-state index contributed by atoms with van der Waals surface area (Å²) in [6, 6.07) is 7.93. The molecule has 0 saturated heterocycles. The number of amides is 1. The molecule has 0 radical (unpaired) electrons. The minimum Gasteiger partial charge on any atom is -0.491 e. The Morgan fingerprint density at radius 2 is 2.09 bits per heavy atom. The molecule has 1 saturated carbocycles. The number of carbonyl (C=O) groups excluding carboxylic acids is 1. The normalized spacial score (nSPS) is 13.9. The van der Waals surface area contributed by atoms with Gasteiger partial charge in [-0.25, -0.2) is 14.4 Å². The number of hydrogen-bond acceptors (Lipinski definition) is 6. The predicted octanol–water partition coefficient (Wildman–Crippen LogP) is 5.40. The highest BCUT2D eigenvalue weighted by Gasteiger charge is 2.20. The van der Waals surface area contributed by atoms with E-state index >= 15 is 0 Å². The molecule has 2 aromatic carbocycles. The number of fused-ring (bicyclic) bond motifs is 1. The van der Waals surface area contributed by atoms with E-state index in [2.05, 4.69) is 20.6 Å². The number of nitrogens with one attached hydrogen (secondary N) is 2. The Hall–Kier alpha value is -3.23. The van der Waals surface area contributed by atoms with Crippen molar-refractivity contribution >= 4 is 45.6 Å². The van der Waals surface area contributed by atoms with E-state index in [9.17, 15) is 9.18 Å². The molecule has 0 atom stereocenters. The molecule has 0 unspecified atom stereocenters. The molecule has 3 aromatic rings. The number of likely N-dealkylation sites (N-methyl/N-ethyl adjacent to an activating group) is 1. The summed E-state index contributed by atoms with van der Waals surface area (Å²) in [6.07, 6.45) is 8.26. The third kappa shape index (κ3) is 6.01. The molecule has 1 aromatic heterocycles. The lowest BCUT2D eigenvalue weighted by atomic mass is 9.86. The summed E-state index contributed by atoms with van der Waals surface area (Å²) in [4.78, 5) is 23.2. The molecule has 0 aliphatic heterocycles. The minimum absolute atomic E-state index is 0.00695. The maximum absolute atomic E-state index is 13.6. The van der Waals surface area contributed by atoms with Gasteiger partial charge in [0.15, 0.2) is 0 Å². The van der Waals surface area contributed by atoms with Crippen molar-refractivity contribution in [2.45, 2.75) is 19.3 Å². The number of halogens is 2. The van der Waals surface area contributed by atoms with E-state index in [4.69, 9.17) is 16.3 Å². The average molecular weight is 484 g/mol. The Morgan fingerprint density at radius 3 is 2.79 bits per heavy atom. The topological polar surface area (TPSA) is 79.4 Å². The van der Waals surface area contributed by atoms with Crippen LogP contribution in [0.1, 0.15) is 19.3 Å². The first-order chi connectivity index (χ1) is 16.4. The SMILES string of the molecule is CN(C)CC=CC(=O)Nc1cc2c(Nc3ccc(F)c(Cl)c3)ncnc2cc1OCC1CCC1. The maximum atomic E-state index is 13.6. The van der Waals surface area contributed by atoms with E-state index in [1.807, 2.05) is 19.0 Å². The monoisotopic (exact) mass is 483 g/mol. The van der Waals surface area contributed by atoms with Crippen LogP contribution in [0.5, 0.6) is 5.75 Å². The predicted molar refractivity (Wildman–Crippen MR) is 133 cm³/mol. The van der Waals surface area contributed by atoms with Crippen LogP contribution in [0.2, 0.25) is 5.02 Å². The van der Waals surface area contributed by atoms with E-state index in [-0.39, 0.29) is 10.9 Å². The molecule has 0 spiro atoms. The number of hydrogen-bond donors (Lipinski definition) is 2. The van der Waals surface area contributed by atoms with E-state index in [0.29, 0.717) is 52.9 Å². The van der Waals surface area contributed by atoms with Gasteiger partial charge in [-0.15, -0.1) is 0 Å². The van der Waals surface area contributed by atoms with Gasteiger partial charge in [0.05, 0.1) is 22.8 Å². The summed E-state index contributed by atoms with van der Waals surface area (Å²) < 4.78 is 19.6. The lowest BCUT2D eigenvalue weighted by Gasteiger charge is -2.25. The second kappa shape index (κ2) is 10.8. The summed E-state index contributed by atoms with van der Waals surface area (Å²) in [5, 5.41) is 6.76. The number of anilines is 3. The molecule has 4 rings (SSSR count). The van der Waals surface area contributed by atoms with Crippen molar-refractivity contribution in [3.63, 3.8) is 0 Å². The van der Waals surface area contributed by atoms with Gasteiger partial charge in [-0.2, -0.15) is 0 Å². The molecule has 1 heterocycles. The molecule has 34 heavy (non-hydrogen) atoms. The number of rotatable bonds is 9. The lowest BCUT2D eigenvalue weighted by Crippen LogP contribution is -2.20. The lowest BCUT2D eigenvalue weighted by molar-refractivity contribution is -0.111. The first-order valence-electron chi connectivity index (χ1n) is 11.1. The summed E-state index contributed by atoms with van der Waals surface area (Å²) in [6.45, 7) is 1.24. The number of ether oxygens (including phenoxy) is 1. The molecule has 178 valence electrons. The van der Waals surface area contributed by atoms with Crippen LogP contribution in [0.4, 0.5) is 21.6 Å². The van der Waals surface area contributed by atoms with Gasteiger partial charge >= 0.3 is 0 Å². The molecule has 1 aliphatic carbocycles. The van der Waals surface area contributed by atoms with Gasteiger partial charge in [-0.1, -0.05) is 24.1 Å². The first-order valence-corrected chi connectivity index (χ1v) is 11.5. The number of nitrogens with zero attached hydrogens (tertiary/aromatic N) is 3. The van der Waals surface area contributed by atoms with Crippen LogP contribution in [-0.2, 0) is 4.79 Å². The number of aromatic nitrogens is 2. The summed E-state index contributed by atoms with van der Waals surface area (Å²) in [5.74, 6) is 0.830. The Kier molecular flexibility index (Phi) is 7.59. The molecule has 9 heteroatoms. The van der Waals surface area contributed by atoms with Crippen molar-refractivity contribution < 1.29 is 13.9 Å². The van der Waals surface area contributed by atoms with E-state index in [1.54, 1.807) is 24.3 Å². The minimum atomic E-state index is -0.500. The fourth-order valence-electron chi connectivity index (χ4n) is 3.52. The van der Waals surface area contributed by atoms with Crippen molar-refractivity contribution in [2.24, 2.45) is 5.92 Å². The molecule has 1 fully saturated rings. The Morgan fingerprint density at radius 1 is 1.26 bits per heavy atom. The van der Waals surface area contributed by atoms with Crippen LogP contribution >= 0.6 is 11.6 Å². The van der Waals surface area contributed by atoms with Gasteiger partial charge in [0.2, 0.25) is 5.91 Å². The second-order valence-corrected chi connectivity index (χ2v) is 9.01. The van der Waals surface area contributed by atoms with Crippen molar-refractivity contribution in [1.82, 2.24) is 14.9 Å². The fraction of sp³-hybridized carbons (Fsp3) is 0.320. The second-order valence-electron chi connectivity index (χ2n) is 8.60. The third-order valence-electron chi connectivity index (χ3n) is 5.62. The third-order valence-corrected chi connectivity index (χ3v) is 5.91. The highest BCUT2D eigenvalue weighted by molar-refractivity contribution is 6.31. The maximum Gasteiger partial charge on any atom is 0.248 e. The summed E-state index contributed by atoms with van der Waals surface area (Å²) in [7, 11) is 3.86. The Bertz CT molecular complexity index is 1210. The van der Waals surface area contributed by atoms with Crippen LogP contribution in [0.15, 0.2) is 48.8 Å². The fourth-order valence-corrected chi connectivity index (χ4v) is 3.70. The van der Waals surface area contributed by atoms with E-state index in [1.165, 1.54) is 31.0 Å². The van der Waals surface area contributed by atoms with E-state index in [0.717, 1.165) is 12.8 Å². The van der Waals surface area contributed by atoms with Gasteiger partial charge in [0.25, 0.3) is 0 Å². The van der Waals surface area contributed by atoms with Gasteiger partial charge in [0, 0.05) is 29.8 Å². The number of carbonyl (C=O) groups is 1. The van der Waals surface area contributed by atoms with Gasteiger partial charge in [-0.05, 0) is 57.1 Å². The Balaban J connectivity index is 1.65. The molecule has 1 amide bonds. The zero-order valence-electron chi connectivity index (χ0n) is 19.1. The molecule has 1 aliphatic rings. The van der Waals surface area contributed by atoms with Crippen molar-refractivity contribution in [3.05, 3.63) is 59.7 Å². The van der Waals surface area contributed by atoms with Gasteiger partial charge in [-0.3, -0.25) is 4.79 Å². The van der Waals surface area contributed by atoms with Crippen molar-refractivity contribution in [2.75, 3.05) is 37.9 Å². The van der Waals surface area contributed by atoms with Crippen LogP contribution in [0.25, 0.3) is 10.9 Å². The zero-order valence-corrected chi connectivity index (χ0v) is 19.9. The number of benzene rings is 2. The largest absolute Gasteiger partial charge is 0.491 e. The van der Waals surface area contributed by atoms with Crippen LogP contribution < -0.4 is 15.4 Å². The first kappa shape index (κ1) is 23.9. The summed E-state index contributed by atoms with van der Waals surface area (Å²) >= 11 is 5.92. The van der Waals surface area contributed by atoms with Crippen LogP contribution in [-0.4, -0.2) is 48.0 Å². The van der Waals surface area contributed by atoms with Crippen LogP contribution in [0, 0.1) is 11.7 Å². The molecule has 2 N–H and O–H groups in total. The average Bonchev–Trinajstić information content (AvgIpc) is 2.75. The molecular formula is C25H27ClFN5O2. The molecule has 0 bridgehead atoms. The standard InChI is InChI=1S/C25H27ClFN5O2/c1-32(2)10-4-7-24(33)31-22-12-18-21(13-23(22)34-14-16-5-3-6-16)28-15-29-25(18)30-17-8-9-20(27)19(26)11-17/h4,7-9,11-13,15-16H,3,5-6,10,14H2,1-2H3,(H,31,33)(H,28,29,30). The quantitative estimate of drug-likeness (QED) is 0.397. The van der Waals surface area contributed by atoms with Gasteiger partial charge in [0.1, 0.15) is 23.7 Å². The molecule has 7 nitrogen and oxygen atoms in total. The molecular weight excluding hydrogens is 457 g/mol. The smallest absolute Gasteiger partial charge is 0.248 e. The van der Waals surface area contributed by atoms with E-state index < -0.39 is 5.82 Å². The van der Waals surface area contributed by atoms with Crippen molar-refractivity contribution in [3.8, 4) is 5.75 Å². The highest BCUT2D eigenvalue weighted by atomic mass is 35.5. The Labute approximate surface area is 203 Å². The van der Waals surface area contributed by atoms with Crippen molar-refractivity contribution in [1.29, 1.82) is 0 Å². The van der Waals surface area contributed by atoms with Gasteiger partial charge < -0.3 is 20.3 Å². The highest BCUT2D eigenvalue weighted by Crippen LogP contribution is 2.35.